The van der Waals surface area contributed by atoms with Gasteiger partial charge >= 0.3 is 0 Å². The Morgan fingerprint density at radius 1 is 1.11 bits per heavy atom. The first-order chi connectivity index (χ1) is 13.3. The number of thioether (sulfide) groups is 1. The monoisotopic (exact) mass is 401 g/mol. The van der Waals surface area contributed by atoms with Crippen LogP contribution in [0.2, 0.25) is 0 Å². The van der Waals surface area contributed by atoms with Crippen LogP contribution in [0.1, 0.15) is 66.3 Å². The van der Waals surface area contributed by atoms with E-state index in [2.05, 4.69) is 0 Å². The molecule has 28 heavy (non-hydrogen) atoms. The van der Waals surface area contributed by atoms with Crippen LogP contribution in [0.4, 0.5) is 0 Å². The van der Waals surface area contributed by atoms with E-state index in [4.69, 9.17) is 4.98 Å². The average molecular weight is 402 g/mol. The second-order valence-electron chi connectivity index (χ2n) is 8.22. The van der Waals surface area contributed by atoms with E-state index < -0.39 is 0 Å². The lowest BCUT2D eigenvalue weighted by Gasteiger charge is -2.33. The van der Waals surface area contributed by atoms with Crippen molar-refractivity contribution in [3.63, 3.8) is 0 Å². The summed E-state index contributed by atoms with van der Waals surface area (Å²) < 4.78 is 1.86. The highest BCUT2D eigenvalue weighted by molar-refractivity contribution is 8.00. The fourth-order valence-corrected chi connectivity index (χ4v) is 5.25. The summed E-state index contributed by atoms with van der Waals surface area (Å²) in [4.78, 5) is 33.1. The van der Waals surface area contributed by atoms with E-state index in [9.17, 15) is 9.59 Å². The second-order valence-corrected chi connectivity index (χ2v) is 9.53. The highest BCUT2D eigenvalue weighted by Crippen LogP contribution is 2.33. The number of nitrogens with zero attached hydrogens (tertiary/aromatic N) is 3. The van der Waals surface area contributed by atoms with Crippen molar-refractivity contribution in [1.29, 1.82) is 0 Å². The van der Waals surface area contributed by atoms with Gasteiger partial charge in [0.2, 0.25) is 5.91 Å². The van der Waals surface area contributed by atoms with Crippen molar-refractivity contribution in [1.82, 2.24) is 14.5 Å². The maximum atomic E-state index is 13.3. The molecule has 0 unspecified atom stereocenters. The summed E-state index contributed by atoms with van der Waals surface area (Å²) in [6.45, 7) is 10.1. The van der Waals surface area contributed by atoms with Crippen LogP contribution in [0.5, 0.6) is 0 Å². The van der Waals surface area contributed by atoms with Gasteiger partial charge in [-0.05, 0) is 59.6 Å². The first-order valence-electron chi connectivity index (χ1n) is 10.3. The maximum absolute atomic E-state index is 13.3. The molecule has 0 radical (unpaired) electrons. The molecule has 1 amide bonds. The van der Waals surface area contributed by atoms with Crippen LogP contribution in [0.3, 0.4) is 0 Å². The third-order valence-corrected chi connectivity index (χ3v) is 6.52. The SMILES string of the molecule is CC(C)N(C(=O)[C@@H](C)Sc1nc2ccccc2c(=O)n1C1CCCC1)C(C)C. The van der Waals surface area contributed by atoms with Crippen molar-refractivity contribution in [2.75, 3.05) is 0 Å². The molecule has 0 bridgehead atoms. The molecule has 152 valence electrons. The van der Waals surface area contributed by atoms with Gasteiger partial charge in [-0.3, -0.25) is 14.2 Å². The molecule has 6 heteroatoms. The molecule has 1 aliphatic carbocycles. The van der Waals surface area contributed by atoms with Crippen molar-refractivity contribution in [2.45, 2.75) is 88.8 Å². The summed E-state index contributed by atoms with van der Waals surface area (Å²) in [5.74, 6) is 0.0929. The molecule has 1 aliphatic rings. The Hall–Kier alpha value is -1.82. The lowest BCUT2D eigenvalue weighted by molar-refractivity contribution is -0.133. The molecule has 1 saturated carbocycles. The molecule has 1 aromatic heterocycles. The molecule has 1 heterocycles. The number of para-hydroxylation sites is 1. The zero-order chi connectivity index (χ0) is 20.4. The van der Waals surface area contributed by atoms with Crippen LogP contribution < -0.4 is 5.56 Å². The number of carbonyl (C=O) groups excluding carboxylic acids is 1. The zero-order valence-electron chi connectivity index (χ0n) is 17.5. The zero-order valence-corrected chi connectivity index (χ0v) is 18.3. The topological polar surface area (TPSA) is 55.2 Å². The number of rotatable bonds is 6. The smallest absolute Gasteiger partial charge is 0.262 e. The fraction of sp³-hybridized carbons (Fsp3) is 0.591. The van der Waals surface area contributed by atoms with E-state index in [1.54, 1.807) is 0 Å². The van der Waals surface area contributed by atoms with Crippen LogP contribution >= 0.6 is 11.8 Å². The Balaban J connectivity index is 2.00. The largest absolute Gasteiger partial charge is 0.337 e. The molecule has 1 fully saturated rings. The summed E-state index contributed by atoms with van der Waals surface area (Å²) in [7, 11) is 0. The van der Waals surface area contributed by atoms with Gasteiger partial charge in [0, 0.05) is 18.1 Å². The Bertz CT molecular complexity index is 892. The minimum absolute atomic E-state index is 0.0178. The number of aromatic nitrogens is 2. The van der Waals surface area contributed by atoms with Crippen LogP contribution in [-0.4, -0.2) is 37.7 Å². The predicted molar refractivity (Wildman–Crippen MR) is 116 cm³/mol. The van der Waals surface area contributed by atoms with E-state index in [0.717, 1.165) is 25.7 Å². The minimum Gasteiger partial charge on any atom is -0.337 e. The van der Waals surface area contributed by atoms with Crippen molar-refractivity contribution in [3.8, 4) is 0 Å². The first kappa shape index (κ1) is 20.9. The Labute approximate surface area is 171 Å². The molecule has 3 rings (SSSR count). The maximum Gasteiger partial charge on any atom is 0.262 e. The van der Waals surface area contributed by atoms with Gasteiger partial charge in [0.1, 0.15) is 0 Å². The minimum atomic E-state index is -0.300. The average Bonchev–Trinajstić information content (AvgIpc) is 3.15. The third kappa shape index (κ3) is 4.12. The van der Waals surface area contributed by atoms with Crippen LogP contribution in [0.15, 0.2) is 34.2 Å². The standard InChI is InChI=1S/C22H31N3O2S/c1-14(2)24(15(3)4)20(26)16(5)28-22-23-19-13-9-8-12-18(19)21(27)25(22)17-10-6-7-11-17/h8-9,12-17H,6-7,10-11H2,1-5H3/t16-/m1/s1. The number of amides is 1. The van der Waals surface area contributed by atoms with Crippen LogP contribution in [0.25, 0.3) is 10.9 Å². The number of carbonyl (C=O) groups is 1. The lowest BCUT2D eigenvalue weighted by atomic mass is 10.2. The number of hydrogen-bond acceptors (Lipinski definition) is 4. The molecule has 0 saturated heterocycles. The molecule has 0 spiro atoms. The normalized spacial score (nSPS) is 16.2. The highest BCUT2D eigenvalue weighted by atomic mass is 32.2. The summed E-state index contributed by atoms with van der Waals surface area (Å²) in [6, 6.07) is 7.96. The molecule has 1 atom stereocenters. The molecule has 0 N–H and O–H groups in total. The fourth-order valence-electron chi connectivity index (χ4n) is 4.22. The Morgan fingerprint density at radius 2 is 1.71 bits per heavy atom. The highest BCUT2D eigenvalue weighted by Gasteiger charge is 2.29. The molecular weight excluding hydrogens is 370 g/mol. The molecule has 1 aromatic carbocycles. The molecule has 0 aliphatic heterocycles. The predicted octanol–water partition coefficient (Wildman–Crippen LogP) is 4.64. The number of fused-ring (bicyclic) bond motifs is 1. The van der Waals surface area contributed by atoms with Gasteiger partial charge in [-0.25, -0.2) is 4.98 Å². The van der Waals surface area contributed by atoms with Crippen LogP contribution in [0, 0.1) is 0 Å². The summed E-state index contributed by atoms with van der Waals surface area (Å²) >= 11 is 1.42. The second kappa shape index (κ2) is 8.68. The quantitative estimate of drug-likeness (QED) is 0.523. The molecular formula is C22H31N3O2S. The summed E-state index contributed by atoms with van der Waals surface area (Å²) in [6.07, 6.45) is 4.27. The van der Waals surface area contributed by atoms with E-state index >= 15 is 0 Å². The van der Waals surface area contributed by atoms with Gasteiger partial charge in [0.25, 0.3) is 5.56 Å². The van der Waals surface area contributed by atoms with Crippen molar-refractivity contribution in [2.24, 2.45) is 0 Å². The van der Waals surface area contributed by atoms with E-state index in [1.807, 2.05) is 68.4 Å². The van der Waals surface area contributed by atoms with Gasteiger partial charge in [-0.2, -0.15) is 0 Å². The molecule has 5 nitrogen and oxygen atoms in total. The van der Waals surface area contributed by atoms with Crippen LogP contribution in [-0.2, 0) is 4.79 Å². The first-order valence-corrected chi connectivity index (χ1v) is 11.2. The van der Waals surface area contributed by atoms with E-state index in [-0.39, 0.29) is 34.8 Å². The summed E-state index contributed by atoms with van der Waals surface area (Å²) in [5.41, 5.74) is 0.720. The van der Waals surface area contributed by atoms with Gasteiger partial charge in [0.15, 0.2) is 5.16 Å². The Kier molecular flexibility index (Phi) is 6.48. The van der Waals surface area contributed by atoms with Crippen molar-refractivity contribution in [3.05, 3.63) is 34.6 Å². The lowest BCUT2D eigenvalue weighted by Crippen LogP contribution is -2.45. The third-order valence-electron chi connectivity index (χ3n) is 5.46. The van der Waals surface area contributed by atoms with Gasteiger partial charge in [-0.15, -0.1) is 0 Å². The Morgan fingerprint density at radius 3 is 2.32 bits per heavy atom. The van der Waals surface area contributed by atoms with Gasteiger partial charge in [0.05, 0.1) is 16.2 Å². The van der Waals surface area contributed by atoms with E-state index in [0.29, 0.717) is 16.1 Å². The van der Waals surface area contributed by atoms with Gasteiger partial charge < -0.3 is 4.90 Å². The van der Waals surface area contributed by atoms with Crippen molar-refractivity contribution < 1.29 is 4.79 Å². The number of benzene rings is 1. The van der Waals surface area contributed by atoms with E-state index in [1.165, 1.54) is 11.8 Å². The van der Waals surface area contributed by atoms with Crippen molar-refractivity contribution >= 4 is 28.6 Å². The van der Waals surface area contributed by atoms with Gasteiger partial charge in [-0.1, -0.05) is 36.7 Å². The number of hydrogen-bond donors (Lipinski definition) is 0. The molecule has 2 aromatic rings. The summed E-state index contributed by atoms with van der Waals surface area (Å²) in [5, 5.41) is 1.03.